The molecule has 9 heteroatoms. The van der Waals surface area contributed by atoms with Crippen molar-refractivity contribution in [1.29, 1.82) is 0 Å². The lowest BCUT2D eigenvalue weighted by atomic mass is 9.82. The molecule has 1 aliphatic heterocycles. The zero-order chi connectivity index (χ0) is 27.3. The lowest BCUT2D eigenvalue weighted by molar-refractivity contribution is -0.147. The highest BCUT2D eigenvalue weighted by Gasteiger charge is 2.38. The van der Waals surface area contributed by atoms with Gasteiger partial charge in [-0.15, -0.1) is 0 Å². The Labute approximate surface area is 225 Å². The summed E-state index contributed by atoms with van der Waals surface area (Å²) in [5, 5.41) is 9.93. The summed E-state index contributed by atoms with van der Waals surface area (Å²) in [5.74, 6) is 1.07. The fourth-order valence-electron chi connectivity index (χ4n) is 4.93. The van der Waals surface area contributed by atoms with Crippen molar-refractivity contribution in [3.63, 3.8) is 0 Å². The van der Waals surface area contributed by atoms with Crippen molar-refractivity contribution in [1.82, 2.24) is 0 Å². The molecule has 0 spiro atoms. The minimum absolute atomic E-state index is 0.276. The molecule has 3 aliphatic rings. The second kappa shape index (κ2) is 9.79. The van der Waals surface area contributed by atoms with Crippen LogP contribution in [0, 0.1) is 11.8 Å². The molecule has 0 unspecified atom stereocenters. The lowest BCUT2D eigenvalue weighted by Crippen LogP contribution is -2.38. The van der Waals surface area contributed by atoms with Gasteiger partial charge in [0.1, 0.15) is 46.4 Å². The first-order valence-electron chi connectivity index (χ1n) is 13.4. The van der Waals surface area contributed by atoms with Gasteiger partial charge in [0.25, 0.3) is 0 Å². The molecule has 1 aromatic heterocycles. The van der Waals surface area contributed by atoms with Crippen LogP contribution in [0.3, 0.4) is 0 Å². The van der Waals surface area contributed by atoms with Gasteiger partial charge in [-0.25, -0.2) is 0 Å². The Morgan fingerprint density at radius 3 is 2.56 bits per heavy atom. The smallest absolute Gasteiger partial charge is 0.306 e. The first-order valence-corrected chi connectivity index (χ1v) is 13.4. The predicted octanol–water partition coefficient (Wildman–Crippen LogP) is 5.19. The number of ether oxygens (including phenoxy) is 5. The SMILES string of the molecule is COCCOc1cc2c(=O)c3c(OC4CC(C(=O)O)C4)c4c(cc3oc2cc1OCC1CC1)OC(C)(C)C=C4. The second-order valence-corrected chi connectivity index (χ2v) is 11.1. The number of rotatable bonds is 10. The third kappa shape index (κ3) is 5.03. The minimum atomic E-state index is -0.842. The Morgan fingerprint density at radius 2 is 1.85 bits per heavy atom. The maximum atomic E-state index is 14.0. The Hall–Kier alpha value is -3.72. The molecule has 2 aromatic carbocycles. The molecule has 9 nitrogen and oxygen atoms in total. The molecular formula is C30H32O9. The van der Waals surface area contributed by atoms with E-state index in [4.69, 9.17) is 28.1 Å². The lowest BCUT2D eigenvalue weighted by Gasteiger charge is -2.34. The number of methoxy groups -OCH3 is 1. The highest BCUT2D eigenvalue weighted by Crippen LogP contribution is 2.45. The van der Waals surface area contributed by atoms with Crippen molar-refractivity contribution in [2.75, 3.05) is 26.9 Å². The van der Waals surface area contributed by atoms with Crippen LogP contribution in [0.5, 0.6) is 23.0 Å². The summed E-state index contributed by atoms with van der Waals surface area (Å²) in [6.45, 7) is 5.13. The van der Waals surface area contributed by atoms with Gasteiger partial charge in [0.05, 0.1) is 30.1 Å². The van der Waals surface area contributed by atoms with E-state index in [1.54, 1.807) is 25.3 Å². The highest BCUT2D eigenvalue weighted by molar-refractivity contribution is 5.98. The fourth-order valence-corrected chi connectivity index (χ4v) is 4.93. The third-order valence-electron chi connectivity index (χ3n) is 7.45. The number of hydrogen-bond acceptors (Lipinski definition) is 8. The first-order chi connectivity index (χ1) is 18.7. The van der Waals surface area contributed by atoms with Crippen molar-refractivity contribution in [3.05, 3.63) is 40.1 Å². The average molecular weight is 537 g/mol. The maximum Gasteiger partial charge on any atom is 0.306 e. The summed E-state index contributed by atoms with van der Waals surface area (Å²) >= 11 is 0. The Balaban J connectivity index is 1.49. The van der Waals surface area contributed by atoms with Crippen LogP contribution in [0.25, 0.3) is 28.0 Å². The molecule has 0 amide bonds. The Kier molecular flexibility index (Phi) is 6.41. The summed E-state index contributed by atoms with van der Waals surface area (Å²) in [4.78, 5) is 25.4. The maximum absolute atomic E-state index is 14.0. The van der Waals surface area contributed by atoms with Crippen molar-refractivity contribution in [2.24, 2.45) is 11.8 Å². The molecule has 0 atom stereocenters. The van der Waals surface area contributed by atoms with Gasteiger partial charge in [0.2, 0.25) is 5.43 Å². The topological polar surface area (TPSA) is 114 Å². The van der Waals surface area contributed by atoms with Gasteiger partial charge >= 0.3 is 5.97 Å². The van der Waals surface area contributed by atoms with Crippen molar-refractivity contribution < 1.29 is 38.0 Å². The second-order valence-electron chi connectivity index (χ2n) is 11.1. The van der Waals surface area contributed by atoms with Crippen LogP contribution in [-0.2, 0) is 9.53 Å². The van der Waals surface area contributed by atoms with Crippen LogP contribution in [0.2, 0.25) is 0 Å². The van der Waals surface area contributed by atoms with Gasteiger partial charge in [-0.2, -0.15) is 0 Å². The number of carbonyl (C=O) groups is 1. The summed E-state index contributed by atoms with van der Waals surface area (Å²) in [6.07, 6.45) is 6.48. The van der Waals surface area contributed by atoms with Crippen molar-refractivity contribution in [3.8, 4) is 23.0 Å². The quantitative estimate of drug-likeness (QED) is 0.276. The summed E-state index contributed by atoms with van der Waals surface area (Å²) in [7, 11) is 1.59. The van der Waals surface area contributed by atoms with Crippen LogP contribution < -0.4 is 24.4 Å². The van der Waals surface area contributed by atoms with Crippen LogP contribution >= 0.6 is 0 Å². The van der Waals surface area contributed by atoms with E-state index >= 15 is 0 Å². The number of carboxylic acids is 1. The van der Waals surface area contributed by atoms with Crippen LogP contribution in [0.4, 0.5) is 0 Å². The molecular weight excluding hydrogens is 504 g/mol. The molecule has 2 aliphatic carbocycles. The fraction of sp³-hybridized carbons (Fsp3) is 0.467. The number of benzene rings is 2. The van der Waals surface area contributed by atoms with Crippen molar-refractivity contribution >= 4 is 34.0 Å². The monoisotopic (exact) mass is 536 g/mol. The number of aliphatic carboxylic acids is 1. The molecule has 2 heterocycles. The summed E-state index contributed by atoms with van der Waals surface area (Å²) in [5.41, 5.74) is 0.485. The van der Waals surface area contributed by atoms with Gasteiger partial charge in [0.15, 0.2) is 11.5 Å². The summed E-state index contributed by atoms with van der Waals surface area (Å²) < 4.78 is 35.9. The molecule has 2 saturated carbocycles. The van der Waals surface area contributed by atoms with E-state index in [9.17, 15) is 14.7 Å². The predicted molar refractivity (Wildman–Crippen MR) is 144 cm³/mol. The molecule has 1 N–H and O–H groups in total. The first kappa shape index (κ1) is 25.6. The van der Waals surface area contributed by atoms with E-state index in [1.807, 2.05) is 26.0 Å². The van der Waals surface area contributed by atoms with E-state index in [0.717, 1.165) is 12.8 Å². The van der Waals surface area contributed by atoms with Gasteiger partial charge in [-0.3, -0.25) is 9.59 Å². The summed E-state index contributed by atoms with van der Waals surface area (Å²) in [6, 6.07) is 5.08. The highest BCUT2D eigenvalue weighted by atomic mass is 16.5. The number of carboxylic acid groups (broad SMARTS) is 1. The molecule has 2 fully saturated rings. The van der Waals surface area contributed by atoms with Crippen LogP contribution in [0.1, 0.15) is 45.1 Å². The normalized spacial score (nSPS) is 21.2. The van der Waals surface area contributed by atoms with Gasteiger partial charge in [-0.05, 0) is 63.7 Å². The average Bonchev–Trinajstić information content (AvgIpc) is 3.68. The van der Waals surface area contributed by atoms with Crippen LogP contribution in [0.15, 0.2) is 33.5 Å². The molecule has 0 radical (unpaired) electrons. The molecule has 0 saturated heterocycles. The van der Waals surface area contributed by atoms with Crippen LogP contribution in [-0.4, -0.2) is 49.7 Å². The third-order valence-corrected chi connectivity index (χ3v) is 7.45. The minimum Gasteiger partial charge on any atom is -0.489 e. The number of hydrogen-bond donors (Lipinski definition) is 1. The van der Waals surface area contributed by atoms with E-state index in [0.29, 0.717) is 83.7 Å². The Bertz CT molecular complexity index is 1520. The Morgan fingerprint density at radius 1 is 1.08 bits per heavy atom. The zero-order valence-corrected chi connectivity index (χ0v) is 22.3. The van der Waals surface area contributed by atoms with E-state index in [-0.39, 0.29) is 16.9 Å². The molecule has 0 bridgehead atoms. The molecule has 3 aromatic rings. The van der Waals surface area contributed by atoms with Gasteiger partial charge < -0.3 is 33.2 Å². The zero-order valence-electron chi connectivity index (χ0n) is 22.3. The molecule has 6 rings (SSSR count). The largest absolute Gasteiger partial charge is 0.489 e. The number of fused-ring (bicyclic) bond motifs is 3. The van der Waals surface area contributed by atoms with Gasteiger partial charge in [0, 0.05) is 19.2 Å². The van der Waals surface area contributed by atoms with E-state index in [2.05, 4.69) is 0 Å². The van der Waals surface area contributed by atoms with E-state index in [1.165, 1.54) is 0 Å². The molecule has 39 heavy (non-hydrogen) atoms. The van der Waals surface area contributed by atoms with Crippen molar-refractivity contribution in [2.45, 2.75) is 51.2 Å². The van der Waals surface area contributed by atoms with Gasteiger partial charge in [-0.1, -0.05) is 0 Å². The standard InChI is InChI=1S/C30H32O9/c1-30(2)7-6-19-22(39-30)14-25-26(28(19)37-18-10-17(11-18)29(32)33)27(31)20-12-23(35-9-8-34-3)24(13-21(20)38-25)36-15-16-4-5-16/h6-7,12-14,16-18H,4-5,8-11,15H2,1-3H3,(H,32,33). The molecule has 206 valence electrons. The van der Waals surface area contributed by atoms with E-state index < -0.39 is 17.5 Å².